The van der Waals surface area contributed by atoms with E-state index >= 15 is 0 Å². The van der Waals surface area contributed by atoms with Crippen molar-refractivity contribution in [2.24, 2.45) is 5.18 Å². The van der Waals surface area contributed by atoms with Gasteiger partial charge >= 0.3 is 0 Å². The lowest BCUT2D eigenvalue weighted by Crippen LogP contribution is -1.86. The van der Waals surface area contributed by atoms with E-state index in [9.17, 15) is 4.91 Å². The van der Waals surface area contributed by atoms with Gasteiger partial charge < -0.3 is 0 Å². The number of nitrogens with zero attached hydrogens (tertiary/aromatic N) is 2. The number of nitroso groups, excluding NO2 is 1. The first-order valence-electron chi connectivity index (χ1n) is 3.54. The van der Waals surface area contributed by atoms with E-state index < -0.39 is 0 Å². The largest absolute Gasteiger partial charge is 0.192 e. The Balaban J connectivity index is 3.48. The Morgan fingerprint density at radius 1 is 1.42 bits per heavy atom. The second kappa shape index (κ2) is 3.14. The first-order chi connectivity index (χ1) is 5.70. The Morgan fingerprint density at radius 3 is 2.58 bits per heavy atom. The number of benzene rings is 1. The molecule has 0 fully saturated rings. The van der Waals surface area contributed by atoms with Crippen LogP contribution in [-0.4, -0.2) is 0 Å². The number of rotatable bonds is 1. The molecule has 60 valence electrons. The lowest BCUT2D eigenvalue weighted by atomic mass is 10.0. The van der Waals surface area contributed by atoms with Gasteiger partial charge in [0.15, 0.2) is 0 Å². The minimum absolute atomic E-state index is 0.223. The highest BCUT2D eigenvalue weighted by Crippen LogP contribution is 2.23. The van der Waals surface area contributed by atoms with Gasteiger partial charge in [0.25, 0.3) is 0 Å². The molecule has 0 aliphatic carbocycles. The Morgan fingerprint density at radius 2 is 2.08 bits per heavy atom. The van der Waals surface area contributed by atoms with E-state index in [0.29, 0.717) is 5.56 Å². The highest BCUT2D eigenvalue weighted by Gasteiger charge is 2.06. The molecule has 0 aromatic heterocycles. The third kappa shape index (κ3) is 1.19. The quantitative estimate of drug-likeness (QED) is 0.593. The number of hydrogen-bond acceptors (Lipinski definition) is 3. The molecule has 0 heterocycles. The summed E-state index contributed by atoms with van der Waals surface area (Å²) >= 11 is 0. The highest BCUT2D eigenvalue weighted by molar-refractivity contribution is 5.58. The van der Waals surface area contributed by atoms with E-state index in [1.165, 1.54) is 0 Å². The lowest BCUT2D eigenvalue weighted by molar-refractivity contribution is 1.29. The Kier molecular flexibility index (Phi) is 2.20. The maximum absolute atomic E-state index is 10.2. The topological polar surface area (TPSA) is 53.2 Å². The van der Waals surface area contributed by atoms with Gasteiger partial charge in [-0.1, -0.05) is 6.07 Å². The molecule has 0 bridgehead atoms. The molecule has 1 aromatic carbocycles. The molecule has 3 heteroatoms. The first-order valence-corrected chi connectivity index (χ1v) is 3.54. The van der Waals surface area contributed by atoms with Gasteiger partial charge in [-0.15, -0.1) is 4.91 Å². The second-order valence-electron chi connectivity index (χ2n) is 2.60. The molecule has 1 rings (SSSR count). The van der Waals surface area contributed by atoms with Crippen LogP contribution in [0.15, 0.2) is 17.3 Å². The molecule has 0 unspecified atom stereocenters. The number of nitriles is 1. The molecule has 0 amide bonds. The fourth-order valence-corrected chi connectivity index (χ4v) is 1.02. The summed E-state index contributed by atoms with van der Waals surface area (Å²) in [5, 5.41) is 11.5. The Bertz CT molecular complexity index is 364. The summed E-state index contributed by atoms with van der Waals surface area (Å²) in [5.41, 5.74) is 2.43. The number of hydrogen-bond donors (Lipinski definition) is 0. The van der Waals surface area contributed by atoms with Crippen LogP contribution in [0.4, 0.5) is 5.69 Å². The summed E-state index contributed by atoms with van der Waals surface area (Å²) < 4.78 is 0. The van der Waals surface area contributed by atoms with E-state index in [-0.39, 0.29) is 5.69 Å². The van der Waals surface area contributed by atoms with Crippen LogP contribution >= 0.6 is 0 Å². The van der Waals surface area contributed by atoms with Crippen LogP contribution in [0, 0.1) is 30.1 Å². The molecule has 12 heavy (non-hydrogen) atoms. The van der Waals surface area contributed by atoms with Gasteiger partial charge in [-0.2, -0.15) is 5.26 Å². The normalized spacial score (nSPS) is 9.08. The third-order valence-corrected chi connectivity index (χ3v) is 1.92. The monoisotopic (exact) mass is 160 g/mol. The molecule has 0 aliphatic heterocycles. The van der Waals surface area contributed by atoms with Crippen LogP contribution in [0.3, 0.4) is 0 Å². The van der Waals surface area contributed by atoms with Crippen molar-refractivity contribution in [3.05, 3.63) is 33.7 Å². The zero-order valence-corrected chi connectivity index (χ0v) is 6.96. The molecular weight excluding hydrogens is 152 g/mol. The van der Waals surface area contributed by atoms with E-state index in [0.717, 1.165) is 11.1 Å². The van der Waals surface area contributed by atoms with E-state index in [4.69, 9.17) is 5.26 Å². The van der Waals surface area contributed by atoms with Crippen molar-refractivity contribution in [2.45, 2.75) is 13.8 Å². The average Bonchev–Trinajstić information content (AvgIpc) is 2.09. The first kappa shape index (κ1) is 8.41. The Hall–Kier alpha value is -1.69. The zero-order chi connectivity index (χ0) is 9.14. The SMILES string of the molecule is Cc1ccc(N=O)c(C#N)c1C. The highest BCUT2D eigenvalue weighted by atomic mass is 16.3. The maximum Gasteiger partial charge on any atom is 0.126 e. The molecule has 0 N–H and O–H groups in total. The molecule has 3 nitrogen and oxygen atoms in total. The molecular formula is C9H8N2O. The van der Waals surface area contributed by atoms with E-state index in [2.05, 4.69) is 5.18 Å². The van der Waals surface area contributed by atoms with Crippen LogP contribution in [0.1, 0.15) is 16.7 Å². The zero-order valence-electron chi connectivity index (χ0n) is 6.96. The van der Waals surface area contributed by atoms with E-state index in [1.807, 2.05) is 19.9 Å². The van der Waals surface area contributed by atoms with Gasteiger partial charge in [0, 0.05) is 0 Å². The fourth-order valence-electron chi connectivity index (χ4n) is 1.02. The van der Waals surface area contributed by atoms with Crippen molar-refractivity contribution >= 4 is 5.69 Å². The molecule has 0 atom stereocenters. The molecule has 0 spiro atoms. The summed E-state index contributed by atoms with van der Waals surface area (Å²) in [6, 6.07) is 5.31. The Labute approximate surface area is 70.6 Å². The molecule has 0 saturated carbocycles. The third-order valence-electron chi connectivity index (χ3n) is 1.92. The van der Waals surface area contributed by atoms with Crippen LogP contribution < -0.4 is 0 Å². The summed E-state index contributed by atoms with van der Waals surface area (Å²) in [6.45, 7) is 3.70. The van der Waals surface area contributed by atoms with Crippen LogP contribution in [-0.2, 0) is 0 Å². The lowest BCUT2D eigenvalue weighted by Gasteiger charge is -2.02. The van der Waals surface area contributed by atoms with Crippen LogP contribution in [0.5, 0.6) is 0 Å². The fraction of sp³-hybridized carbons (Fsp3) is 0.222. The summed E-state index contributed by atoms with van der Waals surface area (Å²) in [5.74, 6) is 0. The van der Waals surface area contributed by atoms with Crippen molar-refractivity contribution in [3.63, 3.8) is 0 Å². The van der Waals surface area contributed by atoms with Gasteiger partial charge in [-0.3, -0.25) is 0 Å². The van der Waals surface area contributed by atoms with Crippen molar-refractivity contribution in [3.8, 4) is 6.07 Å². The molecule has 0 aliphatic rings. The van der Waals surface area contributed by atoms with Gasteiger partial charge in [-0.25, -0.2) is 0 Å². The standard InChI is InChI=1S/C9H8N2O/c1-6-3-4-9(11-12)8(5-10)7(6)2/h3-4H,1-2H3. The smallest absolute Gasteiger partial charge is 0.126 e. The predicted octanol–water partition coefficient (Wildman–Crippen LogP) is 2.57. The average molecular weight is 160 g/mol. The minimum atomic E-state index is 0.223. The van der Waals surface area contributed by atoms with Crippen molar-refractivity contribution in [1.82, 2.24) is 0 Å². The van der Waals surface area contributed by atoms with Gasteiger partial charge in [-0.05, 0) is 36.2 Å². The molecule has 1 aromatic rings. The van der Waals surface area contributed by atoms with E-state index in [1.54, 1.807) is 12.1 Å². The second-order valence-corrected chi connectivity index (χ2v) is 2.60. The minimum Gasteiger partial charge on any atom is -0.192 e. The summed E-state index contributed by atoms with van der Waals surface area (Å²) in [7, 11) is 0. The molecule has 0 saturated heterocycles. The number of aryl methyl sites for hydroxylation is 1. The van der Waals surface area contributed by atoms with Crippen molar-refractivity contribution in [2.75, 3.05) is 0 Å². The van der Waals surface area contributed by atoms with Gasteiger partial charge in [0.2, 0.25) is 0 Å². The van der Waals surface area contributed by atoms with Crippen molar-refractivity contribution < 1.29 is 0 Å². The van der Waals surface area contributed by atoms with Gasteiger partial charge in [0.1, 0.15) is 11.8 Å². The summed E-state index contributed by atoms with van der Waals surface area (Å²) in [6.07, 6.45) is 0. The van der Waals surface area contributed by atoms with Crippen LogP contribution in [0.2, 0.25) is 0 Å². The van der Waals surface area contributed by atoms with Gasteiger partial charge in [0.05, 0.1) is 5.56 Å². The van der Waals surface area contributed by atoms with Crippen molar-refractivity contribution in [1.29, 1.82) is 5.26 Å². The predicted molar refractivity (Wildman–Crippen MR) is 46.1 cm³/mol. The molecule has 0 radical (unpaired) electrons. The maximum atomic E-state index is 10.2. The van der Waals surface area contributed by atoms with Crippen LogP contribution in [0.25, 0.3) is 0 Å². The summed E-state index contributed by atoms with van der Waals surface area (Å²) in [4.78, 5) is 10.2.